The predicted octanol–water partition coefficient (Wildman–Crippen LogP) is 2.11. The summed E-state index contributed by atoms with van der Waals surface area (Å²) in [6.07, 6.45) is 4.07. The molecule has 0 saturated carbocycles. The molecule has 0 fully saturated rings. The van der Waals surface area contributed by atoms with E-state index in [2.05, 4.69) is 23.9 Å². The molecular formula is C11H23NO2. The zero-order chi connectivity index (χ0) is 11.0. The summed E-state index contributed by atoms with van der Waals surface area (Å²) in [7, 11) is 1.43. The number of hydrogen-bond donors (Lipinski definition) is 1. The number of rotatable bonds is 7. The summed E-state index contributed by atoms with van der Waals surface area (Å²) in [5, 5.41) is 3.38. The lowest BCUT2D eigenvalue weighted by Gasteiger charge is -2.18. The molecule has 0 aliphatic carbocycles. The van der Waals surface area contributed by atoms with E-state index >= 15 is 0 Å². The van der Waals surface area contributed by atoms with Crippen molar-refractivity contribution in [2.24, 2.45) is 0 Å². The standard InChI is InChI=1S/C11H23NO2/c1-5-6-7-9(2)12-10(3)8-11(13)14-4/h9-10,12H,5-8H2,1-4H3. The highest BCUT2D eigenvalue weighted by Gasteiger charge is 2.11. The first kappa shape index (κ1) is 13.4. The third-order valence-corrected chi connectivity index (χ3v) is 2.26. The van der Waals surface area contributed by atoms with Crippen LogP contribution in [0.3, 0.4) is 0 Å². The zero-order valence-corrected chi connectivity index (χ0v) is 9.80. The monoisotopic (exact) mass is 201 g/mol. The molecule has 0 aliphatic heterocycles. The van der Waals surface area contributed by atoms with E-state index in [1.807, 2.05) is 6.92 Å². The molecule has 14 heavy (non-hydrogen) atoms. The predicted molar refractivity (Wildman–Crippen MR) is 58.2 cm³/mol. The van der Waals surface area contributed by atoms with Crippen molar-refractivity contribution in [1.29, 1.82) is 0 Å². The lowest BCUT2D eigenvalue weighted by Crippen LogP contribution is -2.36. The van der Waals surface area contributed by atoms with Crippen LogP contribution in [-0.2, 0) is 9.53 Å². The van der Waals surface area contributed by atoms with Crippen molar-refractivity contribution in [1.82, 2.24) is 5.32 Å². The molecule has 2 atom stereocenters. The van der Waals surface area contributed by atoms with Crippen LogP contribution >= 0.6 is 0 Å². The minimum absolute atomic E-state index is 0.146. The number of carbonyl (C=O) groups excluding carboxylic acids is 1. The van der Waals surface area contributed by atoms with Gasteiger partial charge in [-0.25, -0.2) is 0 Å². The number of ether oxygens (including phenoxy) is 1. The third-order valence-electron chi connectivity index (χ3n) is 2.26. The Morgan fingerprint density at radius 1 is 1.36 bits per heavy atom. The van der Waals surface area contributed by atoms with Crippen molar-refractivity contribution in [3.63, 3.8) is 0 Å². The van der Waals surface area contributed by atoms with Gasteiger partial charge in [0.25, 0.3) is 0 Å². The van der Waals surface area contributed by atoms with Crippen molar-refractivity contribution >= 4 is 5.97 Å². The maximum absolute atomic E-state index is 11.0. The quantitative estimate of drug-likeness (QED) is 0.641. The summed E-state index contributed by atoms with van der Waals surface area (Å²) in [5.41, 5.74) is 0. The van der Waals surface area contributed by atoms with Crippen molar-refractivity contribution in [3.8, 4) is 0 Å². The smallest absolute Gasteiger partial charge is 0.307 e. The van der Waals surface area contributed by atoms with Crippen LogP contribution in [-0.4, -0.2) is 25.2 Å². The van der Waals surface area contributed by atoms with Gasteiger partial charge < -0.3 is 10.1 Å². The third kappa shape index (κ3) is 6.89. The summed E-state index contributed by atoms with van der Waals surface area (Å²) in [4.78, 5) is 11.0. The van der Waals surface area contributed by atoms with Crippen LogP contribution in [0, 0.1) is 0 Å². The van der Waals surface area contributed by atoms with Gasteiger partial charge in [0, 0.05) is 12.1 Å². The van der Waals surface area contributed by atoms with Crippen LogP contribution in [0.1, 0.15) is 46.5 Å². The molecule has 0 bridgehead atoms. The Kier molecular flexibility index (Phi) is 7.48. The van der Waals surface area contributed by atoms with Gasteiger partial charge in [-0.15, -0.1) is 0 Å². The van der Waals surface area contributed by atoms with E-state index in [1.165, 1.54) is 26.4 Å². The Bertz CT molecular complexity index is 159. The Balaban J connectivity index is 3.59. The minimum Gasteiger partial charge on any atom is -0.469 e. The molecule has 0 saturated heterocycles. The van der Waals surface area contributed by atoms with Gasteiger partial charge in [-0.05, 0) is 20.3 Å². The maximum Gasteiger partial charge on any atom is 0.307 e. The minimum atomic E-state index is -0.146. The maximum atomic E-state index is 11.0. The van der Waals surface area contributed by atoms with Gasteiger partial charge in [-0.3, -0.25) is 4.79 Å². The van der Waals surface area contributed by atoms with Gasteiger partial charge in [-0.1, -0.05) is 19.8 Å². The number of hydrogen-bond acceptors (Lipinski definition) is 3. The summed E-state index contributed by atoms with van der Waals surface area (Å²) < 4.78 is 4.60. The van der Waals surface area contributed by atoms with E-state index in [0.717, 1.165) is 0 Å². The first-order chi connectivity index (χ1) is 6.60. The Hall–Kier alpha value is -0.570. The highest BCUT2D eigenvalue weighted by atomic mass is 16.5. The van der Waals surface area contributed by atoms with E-state index in [4.69, 9.17) is 0 Å². The average Bonchev–Trinajstić information content (AvgIpc) is 2.14. The molecule has 0 aromatic heterocycles. The molecule has 84 valence electrons. The highest BCUT2D eigenvalue weighted by molar-refractivity contribution is 5.69. The van der Waals surface area contributed by atoms with E-state index in [1.54, 1.807) is 0 Å². The zero-order valence-electron chi connectivity index (χ0n) is 9.80. The molecule has 2 unspecified atom stereocenters. The second kappa shape index (κ2) is 7.80. The number of methoxy groups -OCH3 is 1. The van der Waals surface area contributed by atoms with Crippen molar-refractivity contribution in [3.05, 3.63) is 0 Å². The SMILES string of the molecule is CCCCC(C)NC(C)CC(=O)OC. The summed E-state index contributed by atoms with van der Waals surface area (Å²) in [5.74, 6) is -0.146. The van der Waals surface area contributed by atoms with Gasteiger partial charge >= 0.3 is 5.97 Å². The van der Waals surface area contributed by atoms with Gasteiger partial charge in [0.05, 0.1) is 13.5 Å². The van der Waals surface area contributed by atoms with Crippen LogP contribution in [0.2, 0.25) is 0 Å². The molecule has 0 radical (unpaired) electrons. The van der Waals surface area contributed by atoms with Crippen LogP contribution in [0.5, 0.6) is 0 Å². The fourth-order valence-corrected chi connectivity index (χ4v) is 1.47. The van der Waals surface area contributed by atoms with E-state index < -0.39 is 0 Å². The first-order valence-electron chi connectivity index (χ1n) is 5.43. The second-order valence-electron chi connectivity index (χ2n) is 3.89. The lowest BCUT2D eigenvalue weighted by molar-refractivity contribution is -0.141. The summed E-state index contributed by atoms with van der Waals surface area (Å²) in [6, 6.07) is 0.684. The van der Waals surface area contributed by atoms with Gasteiger partial charge in [-0.2, -0.15) is 0 Å². The highest BCUT2D eigenvalue weighted by Crippen LogP contribution is 2.02. The van der Waals surface area contributed by atoms with Crippen molar-refractivity contribution in [2.45, 2.75) is 58.5 Å². The molecule has 0 amide bonds. The molecule has 3 nitrogen and oxygen atoms in total. The summed E-state index contributed by atoms with van der Waals surface area (Å²) in [6.45, 7) is 6.35. The number of nitrogens with one attached hydrogen (secondary N) is 1. The summed E-state index contributed by atoms with van der Waals surface area (Å²) >= 11 is 0. The molecule has 0 spiro atoms. The Morgan fingerprint density at radius 2 is 2.00 bits per heavy atom. The molecular weight excluding hydrogens is 178 g/mol. The van der Waals surface area contributed by atoms with Gasteiger partial charge in [0.15, 0.2) is 0 Å². The molecule has 1 N–H and O–H groups in total. The average molecular weight is 201 g/mol. The topological polar surface area (TPSA) is 38.3 Å². The molecule has 3 heteroatoms. The fourth-order valence-electron chi connectivity index (χ4n) is 1.47. The molecule has 0 rings (SSSR count). The van der Waals surface area contributed by atoms with E-state index in [-0.39, 0.29) is 12.0 Å². The number of unbranched alkanes of at least 4 members (excludes halogenated alkanes) is 1. The van der Waals surface area contributed by atoms with Crippen LogP contribution in [0.4, 0.5) is 0 Å². The number of carbonyl (C=O) groups is 1. The Morgan fingerprint density at radius 3 is 2.50 bits per heavy atom. The van der Waals surface area contributed by atoms with E-state index in [9.17, 15) is 4.79 Å². The lowest BCUT2D eigenvalue weighted by atomic mass is 10.1. The number of esters is 1. The van der Waals surface area contributed by atoms with Gasteiger partial charge in [0.1, 0.15) is 0 Å². The normalized spacial score (nSPS) is 14.9. The van der Waals surface area contributed by atoms with Gasteiger partial charge in [0.2, 0.25) is 0 Å². The van der Waals surface area contributed by atoms with Crippen LogP contribution in [0.15, 0.2) is 0 Å². The van der Waals surface area contributed by atoms with Crippen molar-refractivity contribution in [2.75, 3.05) is 7.11 Å². The van der Waals surface area contributed by atoms with E-state index in [0.29, 0.717) is 12.5 Å². The molecule has 0 aromatic rings. The van der Waals surface area contributed by atoms with Crippen LogP contribution < -0.4 is 5.32 Å². The fraction of sp³-hybridized carbons (Fsp3) is 0.909. The molecule has 0 heterocycles. The molecule has 0 aromatic carbocycles. The second-order valence-corrected chi connectivity index (χ2v) is 3.89. The van der Waals surface area contributed by atoms with Crippen LogP contribution in [0.25, 0.3) is 0 Å². The molecule has 0 aliphatic rings. The Labute approximate surface area is 87.2 Å². The van der Waals surface area contributed by atoms with Crippen molar-refractivity contribution < 1.29 is 9.53 Å². The largest absolute Gasteiger partial charge is 0.469 e. The first-order valence-corrected chi connectivity index (χ1v) is 5.43.